The van der Waals surface area contributed by atoms with Gasteiger partial charge in [-0.15, -0.1) is 0 Å². The topological polar surface area (TPSA) is 68.7 Å². The maximum atomic E-state index is 6.22. The van der Waals surface area contributed by atoms with Crippen molar-refractivity contribution in [1.29, 1.82) is 0 Å². The Labute approximate surface area is 142 Å². The van der Waals surface area contributed by atoms with Crippen molar-refractivity contribution in [2.24, 2.45) is 10.7 Å². The largest absolute Gasteiger partial charge is 0.384 e. The summed E-state index contributed by atoms with van der Waals surface area (Å²) in [5.74, 6) is 1.39. The lowest BCUT2D eigenvalue weighted by Gasteiger charge is -2.28. The molecule has 0 radical (unpaired) electrons. The van der Waals surface area contributed by atoms with Crippen LogP contribution in [0.2, 0.25) is 0 Å². The highest BCUT2D eigenvalue weighted by molar-refractivity contribution is 5.96. The van der Waals surface area contributed by atoms with E-state index in [2.05, 4.69) is 34.0 Å². The van der Waals surface area contributed by atoms with Crippen LogP contribution in [0.15, 0.2) is 47.6 Å². The van der Waals surface area contributed by atoms with Gasteiger partial charge >= 0.3 is 0 Å². The third kappa shape index (κ3) is 3.65. The number of ether oxygens (including phenoxy) is 1. The molecule has 0 bridgehead atoms. The van der Waals surface area contributed by atoms with Crippen LogP contribution in [0.25, 0.3) is 17.1 Å². The number of aryl methyl sites for hydroxylation is 1. The van der Waals surface area contributed by atoms with Gasteiger partial charge in [-0.25, -0.2) is 4.68 Å². The zero-order chi connectivity index (χ0) is 16.9. The molecule has 0 spiro atoms. The van der Waals surface area contributed by atoms with Gasteiger partial charge in [0, 0.05) is 38.0 Å². The summed E-state index contributed by atoms with van der Waals surface area (Å²) < 4.78 is 7.06. The van der Waals surface area contributed by atoms with Gasteiger partial charge in [0.25, 0.3) is 0 Å². The maximum Gasteiger partial charge on any atom is 0.128 e. The number of hydrogen-bond donors (Lipinski definition) is 1. The summed E-state index contributed by atoms with van der Waals surface area (Å²) in [6.45, 7) is 5.15. The van der Waals surface area contributed by atoms with Crippen LogP contribution in [0.4, 0.5) is 0 Å². The predicted octanol–water partition coefficient (Wildman–Crippen LogP) is 1.98. The van der Waals surface area contributed by atoms with Crippen LogP contribution in [0.1, 0.15) is 5.56 Å². The molecule has 2 heterocycles. The molecule has 1 aliphatic rings. The lowest BCUT2D eigenvalue weighted by Crippen LogP contribution is -2.40. The molecule has 0 atom stereocenters. The first kappa shape index (κ1) is 16.3. The van der Waals surface area contributed by atoms with Crippen molar-refractivity contribution in [3.63, 3.8) is 0 Å². The lowest BCUT2D eigenvalue weighted by atomic mass is 10.1. The first-order valence-corrected chi connectivity index (χ1v) is 8.07. The van der Waals surface area contributed by atoms with E-state index in [1.807, 2.05) is 30.5 Å². The molecule has 1 aromatic heterocycles. The molecule has 0 aliphatic carbocycles. The van der Waals surface area contributed by atoms with Crippen LogP contribution >= 0.6 is 0 Å². The summed E-state index contributed by atoms with van der Waals surface area (Å²) in [5, 5.41) is 4.58. The average molecular weight is 325 g/mol. The van der Waals surface area contributed by atoms with E-state index in [9.17, 15) is 0 Å². The van der Waals surface area contributed by atoms with Crippen LogP contribution in [-0.4, -0.2) is 53.9 Å². The van der Waals surface area contributed by atoms with Gasteiger partial charge in [-0.2, -0.15) is 5.10 Å². The second-order valence-corrected chi connectivity index (χ2v) is 5.77. The number of nitrogens with zero attached hydrogens (tertiary/aromatic N) is 4. The molecule has 2 aromatic rings. The Morgan fingerprint density at radius 3 is 2.79 bits per heavy atom. The summed E-state index contributed by atoms with van der Waals surface area (Å²) in [6, 6.07) is 10.2. The summed E-state index contributed by atoms with van der Waals surface area (Å²) in [6.07, 6.45) is 3.73. The first-order chi connectivity index (χ1) is 11.7. The van der Waals surface area contributed by atoms with Gasteiger partial charge in [-0.05, 0) is 19.1 Å². The molecule has 2 N–H and O–H groups in total. The van der Waals surface area contributed by atoms with E-state index in [0.29, 0.717) is 19.0 Å². The van der Waals surface area contributed by atoms with E-state index >= 15 is 0 Å². The highest BCUT2D eigenvalue weighted by Crippen LogP contribution is 2.18. The van der Waals surface area contributed by atoms with E-state index in [-0.39, 0.29) is 0 Å². The summed E-state index contributed by atoms with van der Waals surface area (Å²) in [5.41, 5.74) is 9.41. The van der Waals surface area contributed by atoms with Crippen molar-refractivity contribution in [3.8, 4) is 11.3 Å². The summed E-state index contributed by atoms with van der Waals surface area (Å²) >= 11 is 0. The Kier molecular flexibility index (Phi) is 4.96. The average Bonchev–Trinajstić information content (AvgIpc) is 3.10. The molecular formula is C18H23N5O. The van der Waals surface area contributed by atoms with E-state index in [0.717, 1.165) is 30.2 Å². The first-order valence-electron chi connectivity index (χ1n) is 8.07. The zero-order valence-electron chi connectivity index (χ0n) is 14.1. The number of nitrogens with two attached hydrogens (primary N) is 1. The molecule has 1 fully saturated rings. The van der Waals surface area contributed by atoms with Gasteiger partial charge in [-0.3, -0.25) is 4.99 Å². The molecular weight excluding hydrogens is 302 g/mol. The van der Waals surface area contributed by atoms with Gasteiger partial charge < -0.3 is 15.4 Å². The Hall–Kier alpha value is -2.60. The Morgan fingerprint density at radius 2 is 2.08 bits per heavy atom. The third-order valence-electron chi connectivity index (χ3n) is 4.01. The summed E-state index contributed by atoms with van der Waals surface area (Å²) in [4.78, 5) is 6.51. The Bertz CT molecular complexity index is 756. The quantitative estimate of drug-likeness (QED) is 0.692. The van der Waals surface area contributed by atoms with E-state index in [1.165, 1.54) is 5.56 Å². The molecule has 24 heavy (non-hydrogen) atoms. The van der Waals surface area contributed by atoms with Gasteiger partial charge in [0.05, 0.1) is 18.9 Å². The number of aliphatic imine (C=N–C) groups is 1. The standard InChI is InChI=1S/C18H23N5O/c1-14-4-3-5-15(12-14)16-6-7-23(21-16)17(19)13-18(20-2)22-8-10-24-11-9-22/h3-7,12-13H,8-11,19H2,1-2H3. The number of aromatic nitrogens is 2. The second kappa shape index (κ2) is 7.31. The van der Waals surface area contributed by atoms with Gasteiger partial charge in [0.1, 0.15) is 11.7 Å². The van der Waals surface area contributed by atoms with Crippen molar-refractivity contribution < 1.29 is 4.74 Å². The normalized spacial score (nSPS) is 16.5. The minimum absolute atomic E-state index is 0.543. The number of benzene rings is 1. The van der Waals surface area contributed by atoms with Crippen molar-refractivity contribution in [1.82, 2.24) is 14.7 Å². The van der Waals surface area contributed by atoms with E-state index < -0.39 is 0 Å². The predicted molar refractivity (Wildman–Crippen MR) is 96.6 cm³/mol. The molecule has 6 heteroatoms. The fraction of sp³-hybridized carbons (Fsp3) is 0.333. The smallest absolute Gasteiger partial charge is 0.128 e. The highest BCUT2D eigenvalue weighted by atomic mass is 16.5. The molecule has 3 rings (SSSR count). The van der Waals surface area contributed by atoms with Crippen molar-refractivity contribution >= 4 is 11.7 Å². The van der Waals surface area contributed by atoms with Crippen molar-refractivity contribution in [3.05, 3.63) is 48.2 Å². The molecule has 0 amide bonds. The fourth-order valence-corrected chi connectivity index (χ4v) is 2.71. The van der Waals surface area contributed by atoms with Crippen LogP contribution in [0.5, 0.6) is 0 Å². The SMILES string of the molecule is CN=C(C=C(N)n1ccc(-c2cccc(C)c2)n1)N1CCOCC1. The number of amidine groups is 1. The molecule has 1 saturated heterocycles. The molecule has 1 aromatic carbocycles. The van der Waals surface area contributed by atoms with Crippen molar-refractivity contribution in [2.45, 2.75) is 6.92 Å². The lowest BCUT2D eigenvalue weighted by molar-refractivity contribution is 0.0684. The van der Waals surface area contributed by atoms with Crippen LogP contribution in [-0.2, 0) is 4.74 Å². The van der Waals surface area contributed by atoms with Crippen LogP contribution < -0.4 is 5.73 Å². The maximum absolute atomic E-state index is 6.22. The number of morpholine rings is 1. The van der Waals surface area contributed by atoms with Crippen molar-refractivity contribution in [2.75, 3.05) is 33.4 Å². The minimum Gasteiger partial charge on any atom is -0.384 e. The van der Waals surface area contributed by atoms with Crippen LogP contribution in [0.3, 0.4) is 0 Å². The molecule has 1 aliphatic heterocycles. The fourth-order valence-electron chi connectivity index (χ4n) is 2.71. The summed E-state index contributed by atoms with van der Waals surface area (Å²) in [7, 11) is 1.77. The highest BCUT2D eigenvalue weighted by Gasteiger charge is 2.14. The zero-order valence-corrected chi connectivity index (χ0v) is 14.1. The van der Waals surface area contributed by atoms with Crippen LogP contribution in [0, 0.1) is 6.92 Å². The minimum atomic E-state index is 0.543. The third-order valence-corrected chi connectivity index (χ3v) is 4.01. The molecule has 0 saturated carbocycles. The van der Waals surface area contributed by atoms with Gasteiger partial charge in [-0.1, -0.05) is 23.8 Å². The number of rotatable bonds is 3. The Morgan fingerprint density at radius 1 is 1.29 bits per heavy atom. The van der Waals surface area contributed by atoms with E-state index in [4.69, 9.17) is 10.5 Å². The molecule has 6 nitrogen and oxygen atoms in total. The Balaban J connectivity index is 1.80. The molecule has 0 unspecified atom stereocenters. The number of hydrogen-bond acceptors (Lipinski definition) is 4. The van der Waals surface area contributed by atoms with Gasteiger partial charge in [0.2, 0.25) is 0 Å². The van der Waals surface area contributed by atoms with Gasteiger partial charge in [0.15, 0.2) is 0 Å². The monoisotopic (exact) mass is 325 g/mol. The molecule has 126 valence electrons. The second-order valence-electron chi connectivity index (χ2n) is 5.77. The van der Waals surface area contributed by atoms with E-state index in [1.54, 1.807) is 11.7 Å².